The van der Waals surface area contributed by atoms with Gasteiger partial charge >= 0.3 is 0 Å². The van der Waals surface area contributed by atoms with Gasteiger partial charge in [0.15, 0.2) is 5.78 Å². The summed E-state index contributed by atoms with van der Waals surface area (Å²) >= 11 is 0. The largest absolute Gasteiger partial charge is 0.354 e. The monoisotopic (exact) mass is 522 g/mol. The van der Waals surface area contributed by atoms with Crippen molar-refractivity contribution in [2.45, 2.75) is 66.0 Å². The van der Waals surface area contributed by atoms with Crippen LogP contribution in [0.3, 0.4) is 0 Å². The van der Waals surface area contributed by atoms with Gasteiger partial charge in [-0.15, -0.1) is 0 Å². The van der Waals surface area contributed by atoms with Gasteiger partial charge in [0.05, 0.1) is 6.54 Å². The Labute approximate surface area is 225 Å². The molecular weight excluding hydrogens is 480 g/mol. The lowest BCUT2D eigenvalue weighted by molar-refractivity contribution is -0.145. The number of Topliss-reactive ketones (excluding diaryl/α,β-unsaturated/α-hetero) is 1. The smallest absolute Gasteiger partial charge is 0.243 e. The lowest BCUT2D eigenvalue weighted by Crippen LogP contribution is -2.55. The Kier molecular flexibility index (Phi) is 10.0. The number of amides is 3. The minimum absolute atomic E-state index is 0.0422. The highest BCUT2D eigenvalue weighted by atomic mass is 16.2. The number of carbonyl (C=O) groups excluding carboxylic acids is 4. The Morgan fingerprint density at radius 2 is 1.74 bits per heavy atom. The summed E-state index contributed by atoms with van der Waals surface area (Å²) in [5.41, 5.74) is 0.183. The van der Waals surface area contributed by atoms with Crippen LogP contribution in [0, 0.1) is 11.3 Å². The maximum atomic E-state index is 13.4. The number of ketones is 1. The first-order valence-corrected chi connectivity index (χ1v) is 13.5. The van der Waals surface area contributed by atoms with Crippen LogP contribution in [-0.4, -0.2) is 66.7 Å². The predicted octanol–water partition coefficient (Wildman–Crippen LogP) is 2.84. The summed E-state index contributed by atoms with van der Waals surface area (Å²) in [6.45, 7) is 11.7. The van der Waals surface area contributed by atoms with Crippen molar-refractivity contribution < 1.29 is 19.2 Å². The van der Waals surface area contributed by atoms with Crippen molar-refractivity contribution in [3.8, 4) is 0 Å². The average molecular weight is 523 g/mol. The molecule has 206 valence electrons. The quantitative estimate of drug-likeness (QED) is 0.394. The average Bonchev–Trinajstić information content (AvgIpc) is 3.25. The molecule has 1 saturated heterocycles. The number of hydrogen-bond acceptors (Lipinski definition) is 5. The molecule has 38 heavy (non-hydrogen) atoms. The predicted molar refractivity (Wildman–Crippen MR) is 149 cm³/mol. The first kappa shape index (κ1) is 29.3. The molecule has 1 aliphatic rings. The van der Waals surface area contributed by atoms with Crippen LogP contribution in [0.25, 0.3) is 10.8 Å². The summed E-state index contributed by atoms with van der Waals surface area (Å²) < 4.78 is 0. The zero-order chi connectivity index (χ0) is 27.9. The second-order valence-corrected chi connectivity index (χ2v) is 11.6. The summed E-state index contributed by atoms with van der Waals surface area (Å²) in [5, 5.41) is 11.3. The van der Waals surface area contributed by atoms with E-state index in [2.05, 4.69) is 29.8 Å². The number of nitrogens with one attached hydrogen (secondary N) is 3. The summed E-state index contributed by atoms with van der Waals surface area (Å²) in [4.78, 5) is 53.2. The molecule has 0 radical (unpaired) electrons. The van der Waals surface area contributed by atoms with Gasteiger partial charge in [0.1, 0.15) is 12.1 Å². The van der Waals surface area contributed by atoms with Crippen molar-refractivity contribution in [3.63, 3.8) is 0 Å². The molecular formula is C30H42N4O4. The van der Waals surface area contributed by atoms with Gasteiger partial charge in [-0.25, -0.2) is 0 Å². The Morgan fingerprint density at radius 3 is 2.42 bits per heavy atom. The first-order valence-electron chi connectivity index (χ1n) is 13.5. The molecule has 8 nitrogen and oxygen atoms in total. The number of nitrogens with zero attached hydrogens (tertiary/aromatic N) is 1. The Bertz CT molecular complexity index is 1150. The van der Waals surface area contributed by atoms with Crippen molar-refractivity contribution in [3.05, 3.63) is 48.0 Å². The molecule has 3 rings (SSSR count). The van der Waals surface area contributed by atoms with E-state index in [4.69, 9.17) is 0 Å². The van der Waals surface area contributed by atoms with Crippen LogP contribution in [0.5, 0.6) is 0 Å². The molecule has 0 aromatic heterocycles. The summed E-state index contributed by atoms with van der Waals surface area (Å²) in [6, 6.07) is 12.2. The van der Waals surface area contributed by atoms with Crippen molar-refractivity contribution in [1.29, 1.82) is 0 Å². The third-order valence-corrected chi connectivity index (χ3v) is 6.62. The van der Waals surface area contributed by atoms with Gasteiger partial charge in [0, 0.05) is 24.8 Å². The number of hydrogen-bond donors (Lipinski definition) is 3. The second-order valence-electron chi connectivity index (χ2n) is 11.6. The van der Waals surface area contributed by atoms with Crippen molar-refractivity contribution in [2.24, 2.45) is 11.3 Å². The SMILES string of the molecule is CC(C)CNCCCNC(=O)C(Cc1ccc2ccccc2c1)NC(=O)C1CC(=O)CN1C(=O)C(C)(C)C. The lowest BCUT2D eigenvalue weighted by atomic mass is 9.94. The van der Waals surface area contributed by atoms with Gasteiger partial charge in [-0.1, -0.05) is 77.1 Å². The summed E-state index contributed by atoms with van der Waals surface area (Å²) in [7, 11) is 0. The van der Waals surface area contributed by atoms with E-state index in [1.165, 1.54) is 4.90 Å². The van der Waals surface area contributed by atoms with Gasteiger partial charge in [-0.05, 0) is 41.8 Å². The number of fused-ring (bicyclic) bond motifs is 1. The van der Waals surface area contributed by atoms with Crippen molar-refractivity contribution in [2.75, 3.05) is 26.2 Å². The molecule has 0 saturated carbocycles. The zero-order valence-corrected chi connectivity index (χ0v) is 23.3. The van der Waals surface area contributed by atoms with Gasteiger partial charge in [-0.2, -0.15) is 0 Å². The van der Waals surface area contributed by atoms with Crippen molar-refractivity contribution in [1.82, 2.24) is 20.9 Å². The standard InChI is InChI=1S/C30H42N4O4/c1-20(2)18-31-13-8-14-32-27(36)25(16-21-11-12-22-9-6-7-10-23(22)15-21)33-28(37)26-17-24(35)19-34(26)29(38)30(3,4)5/h6-7,9-12,15,20,25-26,31H,8,13-14,16-19H2,1-5H3,(H,32,36)(H,33,37). The van der Waals surface area contributed by atoms with E-state index in [0.717, 1.165) is 35.8 Å². The van der Waals surface area contributed by atoms with Gasteiger partial charge < -0.3 is 20.9 Å². The molecule has 2 aromatic carbocycles. The van der Waals surface area contributed by atoms with Gasteiger partial charge in [-0.3, -0.25) is 19.2 Å². The van der Waals surface area contributed by atoms with E-state index in [1.54, 1.807) is 20.8 Å². The van der Waals surface area contributed by atoms with E-state index in [9.17, 15) is 19.2 Å². The molecule has 1 fully saturated rings. The maximum absolute atomic E-state index is 13.4. The zero-order valence-electron chi connectivity index (χ0n) is 23.3. The fourth-order valence-corrected chi connectivity index (χ4v) is 4.59. The molecule has 0 bridgehead atoms. The minimum atomic E-state index is -0.915. The van der Waals surface area contributed by atoms with E-state index in [1.807, 2.05) is 42.5 Å². The van der Waals surface area contributed by atoms with Crippen LogP contribution < -0.4 is 16.0 Å². The molecule has 8 heteroatoms. The topological polar surface area (TPSA) is 108 Å². The molecule has 1 heterocycles. The third kappa shape index (κ3) is 8.12. The first-order chi connectivity index (χ1) is 18.0. The summed E-state index contributed by atoms with van der Waals surface area (Å²) in [5.74, 6) is -0.625. The fourth-order valence-electron chi connectivity index (χ4n) is 4.59. The summed E-state index contributed by atoms with van der Waals surface area (Å²) in [6.07, 6.45) is 1.02. The molecule has 1 aliphatic heterocycles. The van der Waals surface area contributed by atoms with E-state index >= 15 is 0 Å². The molecule has 3 amide bonds. The molecule has 0 aliphatic carbocycles. The molecule has 2 unspecified atom stereocenters. The number of carbonyl (C=O) groups is 4. The normalized spacial score (nSPS) is 16.6. The van der Waals surface area contributed by atoms with E-state index in [0.29, 0.717) is 18.9 Å². The van der Waals surface area contributed by atoms with Crippen LogP contribution in [0.15, 0.2) is 42.5 Å². The van der Waals surface area contributed by atoms with Gasteiger partial charge in [0.25, 0.3) is 0 Å². The highest BCUT2D eigenvalue weighted by molar-refractivity contribution is 6.01. The van der Waals surface area contributed by atoms with Crippen molar-refractivity contribution >= 4 is 34.3 Å². The Morgan fingerprint density at radius 1 is 1.03 bits per heavy atom. The second kappa shape index (κ2) is 13.0. The van der Waals surface area contributed by atoms with Crippen LogP contribution in [0.1, 0.15) is 53.0 Å². The fraction of sp³-hybridized carbons (Fsp3) is 0.533. The van der Waals surface area contributed by atoms with Gasteiger partial charge in [0.2, 0.25) is 17.7 Å². The Balaban J connectivity index is 1.73. The lowest BCUT2D eigenvalue weighted by Gasteiger charge is -2.30. The highest BCUT2D eigenvalue weighted by Crippen LogP contribution is 2.24. The van der Waals surface area contributed by atoms with E-state index in [-0.39, 0.29) is 30.6 Å². The van der Waals surface area contributed by atoms with Crippen LogP contribution in [-0.2, 0) is 25.6 Å². The number of benzene rings is 2. The highest BCUT2D eigenvalue weighted by Gasteiger charge is 2.42. The van der Waals surface area contributed by atoms with Crippen LogP contribution in [0.2, 0.25) is 0 Å². The van der Waals surface area contributed by atoms with Crippen LogP contribution in [0.4, 0.5) is 0 Å². The Hall–Kier alpha value is -3.26. The maximum Gasteiger partial charge on any atom is 0.243 e. The van der Waals surface area contributed by atoms with Crippen LogP contribution >= 0.6 is 0 Å². The minimum Gasteiger partial charge on any atom is -0.354 e. The molecule has 3 N–H and O–H groups in total. The molecule has 2 atom stereocenters. The number of rotatable bonds is 11. The molecule has 0 spiro atoms. The third-order valence-electron chi connectivity index (χ3n) is 6.62. The molecule has 2 aromatic rings. The number of likely N-dealkylation sites (tertiary alicyclic amines) is 1. The van der Waals surface area contributed by atoms with E-state index < -0.39 is 23.4 Å².